The molecule has 2 heterocycles. The molecule has 10 heteroatoms. The van der Waals surface area contributed by atoms with Gasteiger partial charge in [-0.2, -0.15) is 5.26 Å². The van der Waals surface area contributed by atoms with Crippen LogP contribution in [0, 0.1) is 18.3 Å². The van der Waals surface area contributed by atoms with Gasteiger partial charge in [0, 0.05) is 24.2 Å². The Labute approximate surface area is 194 Å². The Morgan fingerprint density at radius 2 is 2.06 bits per heavy atom. The summed E-state index contributed by atoms with van der Waals surface area (Å²) in [4.78, 5) is 51.1. The topological polar surface area (TPSA) is 131 Å². The van der Waals surface area contributed by atoms with E-state index in [2.05, 4.69) is 5.32 Å². The third kappa shape index (κ3) is 4.13. The summed E-state index contributed by atoms with van der Waals surface area (Å²) in [5.74, 6) is -1.17. The van der Waals surface area contributed by atoms with Gasteiger partial charge in [-0.05, 0) is 48.2 Å². The highest BCUT2D eigenvalue weighted by molar-refractivity contribution is 6.32. The standard InChI is InChI=1S/C23H19ClN4O5/c1-12-6-15(8-18(24)17(12)9-25)27(23(32)33)10-13-2-3-14-11-28(22(31)16(14)7-13)19-4-5-20(29)26-21(19)30/h2-3,6-8,19H,4-5,10-11H2,1H3,(H,32,33)(H,26,29,30). The fourth-order valence-electron chi connectivity index (χ4n) is 4.18. The Hall–Kier alpha value is -3.90. The van der Waals surface area contributed by atoms with Crippen LogP contribution in [-0.2, 0) is 22.7 Å². The molecule has 4 amide bonds. The van der Waals surface area contributed by atoms with Gasteiger partial charge in [0.25, 0.3) is 5.91 Å². The quantitative estimate of drug-likeness (QED) is 0.666. The molecule has 9 nitrogen and oxygen atoms in total. The van der Waals surface area contributed by atoms with Crippen molar-refractivity contribution < 1.29 is 24.3 Å². The average Bonchev–Trinajstić information content (AvgIpc) is 3.07. The van der Waals surface area contributed by atoms with E-state index in [9.17, 15) is 29.5 Å². The van der Waals surface area contributed by atoms with Crippen molar-refractivity contribution >= 4 is 41.1 Å². The molecule has 1 unspecified atom stereocenters. The van der Waals surface area contributed by atoms with Crippen molar-refractivity contribution in [2.45, 2.75) is 38.9 Å². The van der Waals surface area contributed by atoms with Crippen molar-refractivity contribution in [1.29, 1.82) is 5.26 Å². The molecule has 33 heavy (non-hydrogen) atoms. The normalized spacial score (nSPS) is 17.4. The minimum atomic E-state index is -1.22. The molecule has 2 aliphatic heterocycles. The highest BCUT2D eigenvalue weighted by Gasteiger charge is 2.39. The van der Waals surface area contributed by atoms with Crippen molar-refractivity contribution in [2.75, 3.05) is 4.90 Å². The first kappa shape index (κ1) is 22.3. The summed E-state index contributed by atoms with van der Waals surface area (Å²) >= 11 is 6.15. The molecule has 0 radical (unpaired) electrons. The molecule has 0 aromatic heterocycles. The average molecular weight is 467 g/mol. The van der Waals surface area contributed by atoms with E-state index in [4.69, 9.17) is 11.6 Å². The number of carboxylic acid groups (broad SMARTS) is 1. The van der Waals surface area contributed by atoms with Gasteiger partial charge < -0.3 is 10.0 Å². The zero-order chi connectivity index (χ0) is 23.9. The Balaban J connectivity index is 1.59. The number of hydrogen-bond donors (Lipinski definition) is 2. The monoisotopic (exact) mass is 466 g/mol. The maximum Gasteiger partial charge on any atom is 0.412 e. The number of benzene rings is 2. The van der Waals surface area contributed by atoms with Crippen LogP contribution in [-0.4, -0.2) is 39.9 Å². The van der Waals surface area contributed by atoms with Crippen LogP contribution in [0.2, 0.25) is 5.02 Å². The van der Waals surface area contributed by atoms with Crippen LogP contribution < -0.4 is 10.2 Å². The van der Waals surface area contributed by atoms with Gasteiger partial charge in [0.05, 0.1) is 17.1 Å². The van der Waals surface area contributed by atoms with E-state index in [0.717, 1.165) is 10.5 Å². The number of amides is 4. The van der Waals surface area contributed by atoms with E-state index in [0.29, 0.717) is 22.4 Å². The lowest BCUT2D eigenvalue weighted by Gasteiger charge is -2.29. The number of fused-ring (bicyclic) bond motifs is 1. The van der Waals surface area contributed by atoms with Crippen LogP contribution in [0.1, 0.15) is 45.5 Å². The number of carbonyl (C=O) groups is 4. The molecule has 2 aromatic rings. The fourth-order valence-corrected chi connectivity index (χ4v) is 4.48. The lowest BCUT2D eigenvalue weighted by atomic mass is 10.0. The molecule has 2 N–H and O–H groups in total. The summed E-state index contributed by atoms with van der Waals surface area (Å²) in [6.45, 7) is 1.87. The van der Waals surface area contributed by atoms with Crippen LogP contribution in [0.25, 0.3) is 0 Å². The summed E-state index contributed by atoms with van der Waals surface area (Å²) in [5.41, 5.74) is 2.84. The maximum absolute atomic E-state index is 13.0. The van der Waals surface area contributed by atoms with Gasteiger partial charge in [0.1, 0.15) is 12.1 Å². The van der Waals surface area contributed by atoms with Gasteiger partial charge in [0.15, 0.2) is 0 Å². The molecule has 2 aromatic carbocycles. The van der Waals surface area contributed by atoms with E-state index in [1.807, 2.05) is 6.07 Å². The number of nitrogens with zero attached hydrogens (tertiary/aromatic N) is 3. The van der Waals surface area contributed by atoms with Crippen LogP contribution in [0.5, 0.6) is 0 Å². The molecule has 0 bridgehead atoms. The minimum absolute atomic E-state index is 0.0457. The molecule has 0 aliphatic carbocycles. The number of rotatable bonds is 4. The third-order valence-corrected chi connectivity index (χ3v) is 6.16. The third-order valence-electron chi connectivity index (χ3n) is 5.86. The smallest absolute Gasteiger partial charge is 0.412 e. The summed E-state index contributed by atoms with van der Waals surface area (Å²) in [6, 6.07) is 9.36. The molecular weight excluding hydrogens is 448 g/mol. The fraction of sp³-hybridized carbons (Fsp3) is 0.261. The number of carbonyl (C=O) groups excluding carboxylic acids is 3. The Morgan fingerprint density at radius 1 is 1.30 bits per heavy atom. The molecule has 1 saturated heterocycles. The largest absolute Gasteiger partial charge is 0.465 e. The van der Waals surface area contributed by atoms with Gasteiger partial charge in [-0.25, -0.2) is 4.79 Å². The lowest BCUT2D eigenvalue weighted by molar-refractivity contribution is -0.136. The summed E-state index contributed by atoms with van der Waals surface area (Å²) in [5, 5.41) is 21.4. The van der Waals surface area contributed by atoms with Crippen molar-refractivity contribution in [1.82, 2.24) is 10.2 Å². The highest BCUT2D eigenvalue weighted by Crippen LogP contribution is 2.31. The molecule has 2 aliphatic rings. The van der Waals surface area contributed by atoms with Crippen LogP contribution in [0.3, 0.4) is 0 Å². The number of hydrogen-bond acceptors (Lipinski definition) is 5. The predicted octanol–water partition coefficient (Wildman–Crippen LogP) is 2.97. The van der Waals surface area contributed by atoms with E-state index in [1.165, 1.54) is 11.0 Å². The molecule has 0 saturated carbocycles. The summed E-state index contributed by atoms with van der Waals surface area (Å²) < 4.78 is 0. The lowest BCUT2D eigenvalue weighted by Crippen LogP contribution is -2.52. The Bertz CT molecular complexity index is 1230. The predicted molar refractivity (Wildman–Crippen MR) is 118 cm³/mol. The number of nitrogens with one attached hydrogen (secondary N) is 1. The second kappa shape index (κ2) is 8.56. The van der Waals surface area contributed by atoms with Crippen molar-refractivity contribution in [3.05, 3.63) is 63.2 Å². The van der Waals surface area contributed by atoms with Gasteiger partial charge in [-0.15, -0.1) is 0 Å². The SMILES string of the molecule is Cc1cc(N(Cc2ccc3c(c2)C(=O)N(C2CCC(=O)NC2=O)C3)C(=O)O)cc(Cl)c1C#N. The second-order valence-corrected chi connectivity index (χ2v) is 8.40. The Morgan fingerprint density at radius 3 is 2.70 bits per heavy atom. The van der Waals surface area contributed by atoms with Gasteiger partial charge >= 0.3 is 6.09 Å². The van der Waals surface area contributed by atoms with E-state index >= 15 is 0 Å². The first-order valence-corrected chi connectivity index (χ1v) is 10.5. The maximum atomic E-state index is 13.0. The second-order valence-electron chi connectivity index (χ2n) is 7.99. The van der Waals surface area contributed by atoms with Crippen LogP contribution in [0.15, 0.2) is 30.3 Å². The number of anilines is 1. The van der Waals surface area contributed by atoms with Crippen molar-refractivity contribution in [3.8, 4) is 6.07 Å². The van der Waals surface area contributed by atoms with E-state index in [1.54, 1.807) is 31.2 Å². The van der Waals surface area contributed by atoms with Gasteiger partial charge in [-0.1, -0.05) is 23.7 Å². The first-order valence-electron chi connectivity index (χ1n) is 10.2. The van der Waals surface area contributed by atoms with Crippen molar-refractivity contribution in [3.63, 3.8) is 0 Å². The van der Waals surface area contributed by atoms with Crippen molar-refractivity contribution in [2.24, 2.45) is 0 Å². The number of nitriles is 1. The van der Waals surface area contributed by atoms with Gasteiger partial charge in [0.2, 0.25) is 11.8 Å². The summed E-state index contributed by atoms with van der Waals surface area (Å²) in [6.07, 6.45) is -0.780. The van der Waals surface area contributed by atoms with Crippen LogP contribution >= 0.6 is 11.6 Å². The zero-order valence-corrected chi connectivity index (χ0v) is 18.3. The molecule has 4 rings (SSSR count). The molecule has 1 atom stereocenters. The van der Waals surface area contributed by atoms with E-state index in [-0.39, 0.29) is 48.3 Å². The number of piperidine rings is 1. The molecule has 1 fully saturated rings. The number of aryl methyl sites for hydroxylation is 1. The minimum Gasteiger partial charge on any atom is -0.465 e. The first-order chi connectivity index (χ1) is 15.7. The number of imide groups is 1. The summed E-state index contributed by atoms with van der Waals surface area (Å²) in [7, 11) is 0. The number of halogens is 1. The highest BCUT2D eigenvalue weighted by atomic mass is 35.5. The molecular formula is C23H19ClN4O5. The van der Waals surface area contributed by atoms with E-state index < -0.39 is 18.0 Å². The Kier molecular flexibility index (Phi) is 5.78. The molecule has 0 spiro atoms. The van der Waals surface area contributed by atoms with Gasteiger partial charge in [-0.3, -0.25) is 24.6 Å². The molecule has 168 valence electrons. The zero-order valence-electron chi connectivity index (χ0n) is 17.6. The van der Waals surface area contributed by atoms with Crippen LogP contribution in [0.4, 0.5) is 10.5 Å².